The number of primary amides is 1. The van der Waals surface area contributed by atoms with Crippen LogP contribution >= 0.6 is 23.4 Å². The highest BCUT2D eigenvalue weighted by Gasteiger charge is 2.17. The third kappa shape index (κ3) is 4.01. The van der Waals surface area contributed by atoms with Gasteiger partial charge >= 0.3 is 0 Å². The first-order valence-electron chi connectivity index (χ1n) is 5.87. The molecule has 0 heterocycles. The third-order valence-corrected chi connectivity index (χ3v) is 4.28. The number of halogens is 1. The summed E-state index contributed by atoms with van der Waals surface area (Å²) in [6.45, 7) is 0. The first-order chi connectivity index (χ1) is 9.16. The van der Waals surface area contributed by atoms with E-state index in [1.165, 1.54) is 11.8 Å². The van der Waals surface area contributed by atoms with Gasteiger partial charge in [0.05, 0.1) is 0 Å². The van der Waals surface area contributed by atoms with Crippen LogP contribution in [0, 0.1) is 0 Å². The fourth-order valence-corrected chi connectivity index (χ4v) is 2.92. The molecular formula is C15H14ClNOS. The Labute approximate surface area is 122 Å². The summed E-state index contributed by atoms with van der Waals surface area (Å²) in [5.41, 5.74) is 7.54. The monoisotopic (exact) mass is 291 g/mol. The van der Waals surface area contributed by atoms with E-state index in [0.717, 1.165) is 16.9 Å². The van der Waals surface area contributed by atoms with Gasteiger partial charge in [0.15, 0.2) is 0 Å². The number of benzene rings is 2. The second kappa shape index (κ2) is 6.64. The zero-order valence-corrected chi connectivity index (χ0v) is 11.8. The third-order valence-electron chi connectivity index (χ3n) is 2.69. The molecule has 0 aliphatic carbocycles. The number of carbonyl (C=O) groups excluding carboxylic acids is 1. The molecule has 2 nitrogen and oxygen atoms in total. The molecule has 0 bridgehead atoms. The quantitative estimate of drug-likeness (QED) is 0.910. The Hall–Kier alpha value is -1.45. The van der Waals surface area contributed by atoms with E-state index in [2.05, 4.69) is 0 Å². The summed E-state index contributed by atoms with van der Waals surface area (Å²) in [6.07, 6.45) is 0. The van der Waals surface area contributed by atoms with Crippen LogP contribution in [0.25, 0.3) is 0 Å². The highest BCUT2D eigenvalue weighted by atomic mass is 35.5. The normalized spacial score (nSPS) is 12.1. The predicted octanol–water partition coefficient (Wildman–Crippen LogP) is 3.80. The molecule has 98 valence electrons. The topological polar surface area (TPSA) is 43.1 Å². The summed E-state index contributed by atoms with van der Waals surface area (Å²) in [5.74, 6) is 0.407. The van der Waals surface area contributed by atoms with Gasteiger partial charge < -0.3 is 5.73 Å². The van der Waals surface area contributed by atoms with Gasteiger partial charge in [0.25, 0.3) is 0 Å². The first-order valence-corrected chi connectivity index (χ1v) is 7.30. The van der Waals surface area contributed by atoms with Crippen LogP contribution in [0.15, 0.2) is 54.6 Å². The first kappa shape index (κ1) is 14.0. The molecule has 2 rings (SSSR count). The molecule has 2 aromatic carbocycles. The molecule has 0 saturated heterocycles. The highest BCUT2D eigenvalue weighted by molar-refractivity contribution is 7.99. The van der Waals surface area contributed by atoms with Crippen molar-refractivity contribution >= 4 is 29.3 Å². The number of nitrogens with two attached hydrogens (primary N) is 1. The van der Waals surface area contributed by atoms with Crippen molar-refractivity contribution in [3.63, 3.8) is 0 Å². The standard InChI is InChI=1S/C15H14ClNOS/c16-13-8-6-11(7-9-13)10-19-14(15(17)18)12-4-2-1-3-5-12/h1-9,14H,10H2,(H2,17,18)/t14-/m0/s1. The van der Waals surface area contributed by atoms with Crippen LogP contribution < -0.4 is 5.73 Å². The Morgan fingerprint density at radius 3 is 2.32 bits per heavy atom. The molecule has 4 heteroatoms. The number of carbonyl (C=O) groups is 1. The van der Waals surface area contributed by atoms with E-state index in [1.54, 1.807) is 0 Å². The van der Waals surface area contributed by atoms with E-state index >= 15 is 0 Å². The van der Waals surface area contributed by atoms with E-state index in [-0.39, 0.29) is 11.2 Å². The Morgan fingerprint density at radius 1 is 1.11 bits per heavy atom. The highest BCUT2D eigenvalue weighted by Crippen LogP contribution is 2.31. The largest absolute Gasteiger partial charge is 0.368 e. The summed E-state index contributed by atoms with van der Waals surface area (Å²) >= 11 is 7.36. The van der Waals surface area contributed by atoms with Gasteiger partial charge in [-0.3, -0.25) is 4.79 Å². The van der Waals surface area contributed by atoms with E-state index in [9.17, 15) is 4.79 Å². The number of hydrogen-bond acceptors (Lipinski definition) is 2. The molecule has 0 aliphatic rings. The molecule has 2 N–H and O–H groups in total. The molecule has 0 aromatic heterocycles. The van der Waals surface area contributed by atoms with Crippen LogP contribution in [0.1, 0.15) is 16.4 Å². The zero-order valence-electron chi connectivity index (χ0n) is 10.3. The van der Waals surface area contributed by atoms with Crippen LogP contribution in [0.2, 0.25) is 5.02 Å². The maximum absolute atomic E-state index is 11.6. The minimum absolute atomic E-state index is 0.315. The Balaban J connectivity index is 2.06. The molecule has 0 aliphatic heterocycles. The van der Waals surface area contributed by atoms with Gasteiger partial charge in [0.2, 0.25) is 5.91 Å². The van der Waals surface area contributed by atoms with Crippen molar-refractivity contribution < 1.29 is 4.79 Å². The van der Waals surface area contributed by atoms with Crippen molar-refractivity contribution in [1.82, 2.24) is 0 Å². The number of amides is 1. The van der Waals surface area contributed by atoms with Gasteiger partial charge in [0, 0.05) is 10.8 Å². The number of thioether (sulfide) groups is 1. The van der Waals surface area contributed by atoms with Crippen molar-refractivity contribution in [2.75, 3.05) is 0 Å². The molecule has 1 atom stereocenters. The SMILES string of the molecule is NC(=O)[C@@H](SCc1ccc(Cl)cc1)c1ccccc1. The lowest BCUT2D eigenvalue weighted by molar-refractivity contribution is -0.117. The maximum atomic E-state index is 11.6. The molecule has 0 unspecified atom stereocenters. The number of rotatable bonds is 5. The van der Waals surface area contributed by atoms with E-state index < -0.39 is 0 Å². The fraction of sp³-hybridized carbons (Fsp3) is 0.133. The summed E-state index contributed by atoms with van der Waals surface area (Å²) in [7, 11) is 0. The van der Waals surface area contributed by atoms with E-state index in [1.807, 2.05) is 54.6 Å². The summed E-state index contributed by atoms with van der Waals surface area (Å²) in [4.78, 5) is 11.6. The predicted molar refractivity (Wildman–Crippen MR) is 81.1 cm³/mol. The lowest BCUT2D eigenvalue weighted by atomic mass is 10.1. The minimum atomic E-state index is -0.322. The van der Waals surface area contributed by atoms with Crippen molar-refractivity contribution in [1.29, 1.82) is 0 Å². The van der Waals surface area contributed by atoms with Crippen LogP contribution in [-0.4, -0.2) is 5.91 Å². The maximum Gasteiger partial charge on any atom is 0.235 e. The minimum Gasteiger partial charge on any atom is -0.368 e. The van der Waals surface area contributed by atoms with Crippen molar-refractivity contribution in [2.24, 2.45) is 5.73 Å². The molecular weight excluding hydrogens is 278 g/mol. The van der Waals surface area contributed by atoms with Crippen LogP contribution in [0.4, 0.5) is 0 Å². The van der Waals surface area contributed by atoms with Gasteiger partial charge in [-0.15, -0.1) is 11.8 Å². The molecule has 0 fully saturated rings. The summed E-state index contributed by atoms with van der Waals surface area (Å²) in [6, 6.07) is 17.2. The van der Waals surface area contributed by atoms with Gasteiger partial charge in [-0.05, 0) is 23.3 Å². The fourth-order valence-electron chi connectivity index (χ4n) is 1.73. The smallest absolute Gasteiger partial charge is 0.235 e. The van der Waals surface area contributed by atoms with Crippen LogP contribution in [0.5, 0.6) is 0 Å². The van der Waals surface area contributed by atoms with E-state index in [4.69, 9.17) is 17.3 Å². The molecule has 0 spiro atoms. The lowest BCUT2D eigenvalue weighted by Crippen LogP contribution is -2.19. The van der Waals surface area contributed by atoms with Crippen LogP contribution in [-0.2, 0) is 10.5 Å². The summed E-state index contributed by atoms with van der Waals surface area (Å²) in [5, 5.41) is 0.389. The van der Waals surface area contributed by atoms with Crippen molar-refractivity contribution in [3.8, 4) is 0 Å². The van der Waals surface area contributed by atoms with Crippen LogP contribution in [0.3, 0.4) is 0 Å². The molecule has 2 aromatic rings. The second-order valence-corrected chi connectivity index (χ2v) is 5.66. The van der Waals surface area contributed by atoms with Crippen molar-refractivity contribution in [3.05, 3.63) is 70.7 Å². The molecule has 0 saturated carbocycles. The van der Waals surface area contributed by atoms with Gasteiger partial charge in [-0.2, -0.15) is 0 Å². The Morgan fingerprint density at radius 2 is 1.74 bits per heavy atom. The second-order valence-electron chi connectivity index (χ2n) is 4.13. The average Bonchev–Trinajstić information content (AvgIpc) is 2.42. The average molecular weight is 292 g/mol. The Kier molecular flexibility index (Phi) is 4.88. The number of hydrogen-bond donors (Lipinski definition) is 1. The zero-order chi connectivity index (χ0) is 13.7. The van der Waals surface area contributed by atoms with Gasteiger partial charge in [-0.25, -0.2) is 0 Å². The molecule has 1 amide bonds. The molecule has 19 heavy (non-hydrogen) atoms. The van der Waals surface area contributed by atoms with E-state index in [0.29, 0.717) is 5.02 Å². The summed E-state index contributed by atoms with van der Waals surface area (Å²) < 4.78 is 0. The lowest BCUT2D eigenvalue weighted by Gasteiger charge is -2.13. The van der Waals surface area contributed by atoms with Gasteiger partial charge in [-0.1, -0.05) is 54.1 Å². The van der Waals surface area contributed by atoms with Crippen molar-refractivity contribution in [2.45, 2.75) is 11.0 Å². The Bertz CT molecular complexity index is 542. The van der Waals surface area contributed by atoms with Gasteiger partial charge in [0.1, 0.15) is 5.25 Å². The molecule has 0 radical (unpaired) electrons.